The Morgan fingerprint density at radius 1 is 1.33 bits per heavy atom. The van der Waals surface area contributed by atoms with Crippen LogP contribution in [0.15, 0.2) is 36.4 Å². The second-order valence-corrected chi connectivity index (χ2v) is 5.03. The number of rotatable bonds is 4. The normalized spacial score (nSPS) is 10.2. The predicted octanol–water partition coefficient (Wildman–Crippen LogP) is 3.75. The summed E-state index contributed by atoms with van der Waals surface area (Å²) in [4.78, 5) is 11.7. The van der Waals surface area contributed by atoms with Crippen molar-refractivity contribution in [3.63, 3.8) is 0 Å². The lowest BCUT2D eigenvalue weighted by Gasteiger charge is -2.13. The van der Waals surface area contributed by atoms with E-state index in [0.29, 0.717) is 22.7 Å². The van der Waals surface area contributed by atoms with E-state index < -0.39 is 0 Å². The molecule has 0 aliphatic heterocycles. The highest BCUT2D eigenvalue weighted by Gasteiger charge is 2.12. The molecule has 0 bridgehead atoms. The van der Waals surface area contributed by atoms with E-state index in [4.69, 9.17) is 16.3 Å². The van der Waals surface area contributed by atoms with Gasteiger partial charge >= 0.3 is 5.97 Å². The average molecular weight is 306 g/mol. The first kappa shape index (κ1) is 15.2. The number of hydrogen-bond acceptors (Lipinski definition) is 4. The highest BCUT2D eigenvalue weighted by Crippen LogP contribution is 2.24. The lowest BCUT2D eigenvalue weighted by molar-refractivity contribution is 0.0600. The number of hydrogen-bond donors (Lipinski definition) is 2. The summed E-state index contributed by atoms with van der Waals surface area (Å²) in [5.41, 5.74) is 2.80. The second kappa shape index (κ2) is 6.50. The van der Waals surface area contributed by atoms with Gasteiger partial charge < -0.3 is 15.2 Å². The number of ether oxygens (including phenoxy) is 1. The van der Waals surface area contributed by atoms with Crippen LogP contribution in [0.1, 0.15) is 21.5 Å². The molecule has 2 aromatic rings. The molecule has 0 amide bonds. The standard InChI is InChI=1S/C16H16ClNO3/c1-10-13(16(20)21-2)4-3-5-14(10)18-9-11-8-12(17)6-7-15(11)19/h3-8,18-19H,9H2,1-2H3. The molecule has 0 aliphatic rings. The van der Waals surface area contributed by atoms with Crippen molar-refractivity contribution in [3.05, 3.63) is 58.1 Å². The molecule has 2 N–H and O–H groups in total. The largest absolute Gasteiger partial charge is 0.508 e. The zero-order chi connectivity index (χ0) is 15.4. The fourth-order valence-electron chi connectivity index (χ4n) is 2.04. The van der Waals surface area contributed by atoms with Crippen LogP contribution in [0.5, 0.6) is 5.75 Å². The zero-order valence-electron chi connectivity index (χ0n) is 11.8. The van der Waals surface area contributed by atoms with Crippen LogP contribution in [-0.2, 0) is 11.3 Å². The number of carbonyl (C=O) groups is 1. The molecule has 0 radical (unpaired) electrons. The second-order valence-electron chi connectivity index (χ2n) is 4.60. The SMILES string of the molecule is COC(=O)c1cccc(NCc2cc(Cl)ccc2O)c1C. The molecule has 21 heavy (non-hydrogen) atoms. The highest BCUT2D eigenvalue weighted by molar-refractivity contribution is 6.30. The monoisotopic (exact) mass is 305 g/mol. The number of nitrogens with one attached hydrogen (secondary N) is 1. The van der Waals surface area contributed by atoms with Gasteiger partial charge in [-0.1, -0.05) is 17.7 Å². The van der Waals surface area contributed by atoms with Crippen molar-refractivity contribution in [2.75, 3.05) is 12.4 Å². The third-order valence-electron chi connectivity index (χ3n) is 3.25. The van der Waals surface area contributed by atoms with Crippen molar-refractivity contribution < 1.29 is 14.6 Å². The van der Waals surface area contributed by atoms with E-state index in [0.717, 1.165) is 11.3 Å². The van der Waals surface area contributed by atoms with Crippen LogP contribution in [-0.4, -0.2) is 18.2 Å². The molecule has 2 rings (SSSR count). The Hall–Kier alpha value is -2.20. The molecule has 0 saturated heterocycles. The summed E-state index contributed by atoms with van der Waals surface area (Å²) >= 11 is 5.92. The first-order valence-corrected chi connectivity index (χ1v) is 6.80. The van der Waals surface area contributed by atoms with Crippen LogP contribution in [0.2, 0.25) is 5.02 Å². The number of anilines is 1. The minimum atomic E-state index is -0.373. The van der Waals surface area contributed by atoms with Gasteiger partial charge in [0.2, 0.25) is 0 Å². The Labute approximate surface area is 128 Å². The van der Waals surface area contributed by atoms with Crippen molar-refractivity contribution in [2.24, 2.45) is 0 Å². The molecule has 4 nitrogen and oxygen atoms in total. The van der Waals surface area contributed by atoms with Gasteiger partial charge in [-0.25, -0.2) is 4.79 Å². The molecule has 0 unspecified atom stereocenters. The van der Waals surface area contributed by atoms with Crippen LogP contribution >= 0.6 is 11.6 Å². The summed E-state index contributed by atoms with van der Waals surface area (Å²) in [5, 5.41) is 13.5. The van der Waals surface area contributed by atoms with Crippen molar-refractivity contribution >= 4 is 23.3 Å². The highest BCUT2D eigenvalue weighted by atomic mass is 35.5. The number of methoxy groups -OCH3 is 1. The minimum Gasteiger partial charge on any atom is -0.508 e. The Morgan fingerprint density at radius 3 is 2.81 bits per heavy atom. The topological polar surface area (TPSA) is 58.6 Å². The molecule has 110 valence electrons. The molecule has 0 saturated carbocycles. The summed E-state index contributed by atoms with van der Waals surface area (Å²) in [6.07, 6.45) is 0. The van der Waals surface area contributed by atoms with Crippen LogP contribution in [0.25, 0.3) is 0 Å². The molecule has 2 aromatic carbocycles. The number of phenolic OH excluding ortho intramolecular Hbond substituents is 1. The first-order chi connectivity index (χ1) is 10.0. The third kappa shape index (κ3) is 3.47. The Morgan fingerprint density at radius 2 is 2.10 bits per heavy atom. The summed E-state index contributed by atoms with van der Waals surface area (Å²) in [5.74, 6) is -0.199. The van der Waals surface area contributed by atoms with E-state index in [1.807, 2.05) is 13.0 Å². The maximum absolute atomic E-state index is 11.7. The van der Waals surface area contributed by atoms with Gasteiger partial charge in [-0.2, -0.15) is 0 Å². The van der Waals surface area contributed by atoms with Crippen LogP contribution in [0, 0.1) is 6.92 Å². The molecule has 0 heterocycles. The number of halogens is 1. The molecule has 0 aliphatic carbocycles. The molecular weight excluding hydrogens is 290 g/mol. The number of phenols is 1. The third-order valence-corrected chi connectivity index (χ3v) is 3.49. The molecule has 0 aromatic heterocycles. The van der Waals surface area contributed by atoms with Crippen LogP contribution in [0.4, 0.5) is 5.69 Å². The van der Waals surface area contributed by atoms with Gasteiger partial charge in [0.25, 0.3) is 0 Å². The molecule has 5 heteroatoms. The lowest BCUT2D eigenvalue weighted by Crippen LogP contribution is -2.07. The number of benzene rings is 2. The first-order valence-electron chi connectivity index (χ1n) is 6.42. The van der Waals surface area contributed by atoms with E-state index in [9.17, 15) is 9.90 Å². The fourth-order valence-corrected chi connectivity index (χ4v) is 2.24. The summed E-state index contributed by atoms with van der Waals surface area (Å²) in [7, 11) is 1.35. The van der Waals surface area contributed by atoms with Crippen molar-refractivity contribution in [1.82, 2.24) is 0 Å². The molecule has 0 fully saturated rings. The van der Waals surface area contributed by atoms with Crippen molar-refractivity contribution in [2.45, 2.75) is 13.5 Å². The van der Waals surface area contributed by atoms with Gasteiger partial charge in [-0.3, -0.25) is 0 Å². The summed E-state index contributed by atoms with van der Waals surface area (Å²) in [6, 6.07) is 10.2. The molecule has 0 spiro atoms. The van der Waals surface area contributed by atoms with Crippen LogP contribution in [0.3, 0.4) is 0 Å². The fraction of sp³-hybridized carbons (Fsp3) is 0.188. The Kier molecular flexibility index (Phi) is 4.70. The van der Waals surface area contributed by atoms with Gasteiger partial charge in [0, 0.05) is 22.8 Å². The molecular formula is C16H16ClNO3. The number of carbonyl (C=O) groups excluding carboxylic acids is 1. The smallest absolute Gasteiger partial charge is 0.338 e. The van der Waals surface area contributed by atoms with Crippen molar-refractivity contribution in [1.29, 1.82) is 0 Å². The van der Waals surface area contributed by atoms with Gasteiger partial charge in [0.15, 0.2) is 0 Å². The van der Waals surface area contributed by atoms with Gasteiger partial charge in [0.1, 0.15) is 5.75 Å². The maximum Gasteiger partial charge on any atom is 0.338 e. The van der Waals surface area contributed by atoms with E-state index in [1.54, 1.807) is 30.3 Å². The molecule has 0 atom stereocenters. The maximum atomic E-state index is 11.7. The number of esters is 1. The average Bonchev–Trinajstić information content (AvgIpc) is 2.48. The van der Waals surface area contributed by atoms with E-state index in [1.165, 1.54) is 7.11 Å². The van der Waals surface area contributed by atoms with Crippen LogP contribution < -0.4 is 5.32 Å². The summed E-state index contributed by atoms with van der Waals surface area (Å²) in [6.45, 7) is 2.24. The van der Waals surface area contributed by atoms with Gasteiger partial charge in [-0.15, -0.1) is 0 Å². The number of aromatic hydroxyl groups is 1. The summed E-state index contributed by atoms with van der Waals surface area (Å²) < 4.78 is 4.75. The quantitative estimate of drug-likeness (QED) is 0.845. The minimum absolute atomic E-state index is 0.175. The van der Waals surface area contributed by atoms with Crippen molar-refractivity contribution in [3.8, 4) is 5.75 Å². The Bertz CT molecular complexity index is 671. The lowest BCUT2D eigenvalue weighted by atomic mass is 10.1. The van der Waals surface area contributed by atoms with Gasteiger partial charge in [0.05, 0.1) is 12.7 Å². The van der Waals surface area contributed by atoms with E-state index >= 15 is 0 Å². The van der Waals surface area contributed by atoms with E-state index in [-0.39, 0.29) is 11.7 Å². The predicted molar refractivity (Wildman–Crippen MR) is 83.0 cm³/mol. The van der Waals surface area contributed by atoms with E-state index in [2.05, 4.69) is 5.32 Å². The Balaban J connectivity index is 2.21. The van der Waals surface area contributed by atoms with Gasteiger partial charge in [-0.05, 0) is 42.8 Å². The zero-order valence-corrected chi connectivity index (χ0v) is 12.6.